The lowest BCUT2D eigenvalue weighted by Gasteiger charge is -2.48. The standard InChI is InChI=1S/C25H34N2O3.ClH/c1-4-5-6-17-14-27-15-21(16-7-9-18(28)10-8-16)19-11-24(29-2)25(30-3)12-20(19)23(27)13-22(17)26;/h7-12,17,21-23,28H,4-6,13-15,26H2,1-3H3;1H/t17-,21?,22+,23-;/m1./s1. The van der Waals surface area contributed by atoms with Gasteiger partial charge in [0.25, 0.3) is 0 Å². The molecule has 2 aliphatic rings. The molecule has 0 radical (unpaired) electrons. The van der Waals surface area contributed by atoms with E-state index in [2.05, 4.69) is 24.0 Å². The maximum atomic E-state index is 9.77. The normalized spacial score (nSPS) is 25.2. The van der Waals surface area contributed by atoms with Crippen molar-refractivity contribution in [3.05, 3.63) is 53.1 Å². The third kappa shape index (κ3) is 4.64. The quantitative estimate of drug-likeness (QED) is 0.663. The Kier molecular flexibility index (Phi) is 7.73. The van der Waals surface area contributed by atoms with Gasteiger partial charge in [0.1, 0.15) is 5.75 Å². The number of hydrogen-bond donors (Lipinski definition) is 2. The molecule has 3 N–H and O–H groups in total. The molecule has 0 bridgehead atoms. The van der Waals surface area contributed by atoms with E-state index in [1.807, 2.05) is 12.1 Å². The van der Waals surface area contributed by atoms with Crippen LogP contribution >= 0.6 is 12.4 Å². The predicted octanol–water partition coefficient (Wildman–Crippen LogP) is 4.86. The van der Waals surface area contributed by atoms with E-state index in [1.54, 1.807) is 26.4 Å². The number of methoxy groups -OCH3 is 2. The van der Waals surface area contributed by atoms with Gasteiger partial charge in [0.2, 0.25) is 0 Å². The minimum atomic E-state index is 0. The molecular formula is C25H35ClN2O3. The number of phenols is 1. The zero-order valence-corrected chi connectivity index (χ0v) is 19.5. The number of halogens is 1. The van der Waals surface area contributed by atoms with Crippen molar-refractivity contribution in [3.63, 3.8) is 0 Å². The van der Waals surface area contributed by atoms with Crippen molar-refractivity contribution in [3.8, 4) is 17.2 Å². The highest BCUT2D eigenvalue weighted by Crippen LogP contribution is 2.48. The fourth-order valence-electron chi connectivity index (χ4n) is 5.29. The Balaban J connectivity index is 0.00000272. The summed E-state index contributed by atoms with van der Waals surface area (Å²) in [6, 6.07) is 12.4. The molecule has 0 saturated carbocycles. The van der Waals surface area contributed by atoms with Crippen molar-refractivity contribution in [2.24, 2.45) is 11.7 Å². The van der Waals surface area contributed by atoms with Crippen LogP contribution in [0.5, 0.6) is 17.2 Å². The van der Waals surface area contributed by atoms with Crippen molar-refractivity contribution < 1.29 is 14.6 Å². The van der Waals surface area contributed by atoms with Gasteiger partial charge in [0.15, 0.2) is 11.5 Å². The highest BCUT2D eigenvalue weighted by Gasteiger charge is 2.41. The lowest BCUT2D eigenvalue weighted by Crippen LogP contribution is -2.51. The summed E-state index contributed by atoms with van der Waals surface area (Å²) in [6.07, 6.45) is 4.62. The number of nitrogens with two attached hydrogens (primary N) is 1. The number of nitrogens with zero attached hydrogens (tertiary/aromatic N) is 1. The smallest absolute Gasteiger partial charge is 0.161 e. The Morgan fingerprint density at radius 1 is 1.03 bits per heavy atom. The van der Waals surface area contributed by atoms with Gasteiger partial charge in [-0.15, -0.1) is 12.4 Å². The van der Waals surface area contributed by atoms with Gasteiger partial charge in [0.05, 0.1) is 14.2 Å². The Labute approximate surface area is 191 Å². The molecule has 0 spiro atoms. The number of fused-ring (bicyclic) bond motifs is 3. The molecule has 2 aromatic rings. The summed E-state index contributed by atoms with van der Waals surface area (Å²) >= 11 is 0. The number of rotatable bonds is 6. The van der Waals surface area contributed by atoms with E-state index in [1.165, 1.54) is 36.0 Å². The topological polar surface area (TPSA) is 68.0 Å². The molecule has 31 heavy (non-hydrogen) atoms. The van der Waals surface area contributed by atoms with Crippen LogP contribution in [0.2, 0.25) is 0 Å². The third-order valence-corrected chi connectivity index (χ3v) is 6.98. The van der Waals surface area contributed by atoms with Gasteiger partial charge in [-0.05, 0) is 59.7 Å². The van der Waals surface area contributed by atoms with Gasteiger partial charge in [-0.1, -0.05) is 31.9 Å². The van der Waals surface area contributed by atoms with Crippen LogP contribution in [0.4, 0.5) is 0 Å². The Morgan fingerprint density at radius 2 is 1.68 bits per heavy atom. The summed E-state index contributed by atoms with van der Waals surface area (Å²) < 4.78 is 11.3. The SMILES string of the molecule is CCCC[C@@H]1CN2CC(c3ccc(O)cc3)c3cc(OC)c(OC)cc3[C@H]2C[C@@H]1N.Cl. The first-order chi connectivity index (χ1) is 14.5. The lowest BCUT2D eigenvalue weighted by molar-refractivity contribution is 0.0728. The first kappa shape index (κ1) is 23.7. The summed E-state index contributed by atoms with van der Waals surface area (Å²) in [5, 5.41) is 9.77. The lowest BCUT2D eigenvalue weighted by atomic mass is 9.75. The summed E-state index contributed by atoms with van der Waals surface area (Å²) in [5.74, 6) is 2.59. The zero-order valence-electron chi connectivity index (χ0n) is 18.7. The average Bonchev–Trinajstić information content (AvgIpc) is 2.77. The van der Waals surface area contributed by atoms with Crippen LogP contribution in [0.3, 0.4) is 0 Å². The fourth-order valence-corrected chi connectivity index (χ4v) is 5.29. The largest absolute Gasteiger partial charge is 0.508 e. The molecule has 2 aliphatic heterocycles. The zero-order chi connectivity index (χ0) is 21.3. The van der Waals surface area contributed by atoms with Gasteiger partial charge in [-0.25, -0.2) is 0 Å². The fraction of sp³-hybridized carbons (Fsp3) is 0.520. The second-order valence-electron chi connectivity index (χ2n) is 8.75. The number of unbranched alkanes of at least 4 members (excludes halogenated alkanes) is 1. The number of benzene rings is 2. The van der Waals surface area contributed by atoms with Crippen molar-refractivity contribution in [2.75, 3.05) is 27.3 Å². The van der Waals surface area contributed by atoms with Crippen molar-refractivity contribution >= 4 is 12.4 Å². The highest BCUT2D eigenvalue weighted by atomic mass is 35.5. The maximum absolute atomic E-state index is 9.77. The summed E-state index contributed by atoms with van der Waals surface area (Å²) in [4.78, 5) is 2.62. The second-order valence-corrected chi connectivity index (χ2v) is 8.75. The van der Waals surface area contributed by atoms with E-state index in [0.29, 0.717) is 17.7 Å². The molecule has 0 amide bonds. The minimum Gasteiger partial charge on any atom is -0.508 e. The number of ether oxygens (including phenoxy) is 2. The third-order valence-electron chi connectivity index (χ3n) is 6.98. The van der Waals surface area contributed by atoms with E-state index < -0.39 is 0 Å². The molecule has 1 unspecified atom stereocenters. The first-order valence-corrected chi connectivity index (χ1v) is 11.1. The highest BCUT2D eigenvalue weighted by molar-refractivity contribution is 5.85. The van der Waals surface area contributed by atoms with Crippen LogP contribution < -0.4 is 15.2 Å². The van der Waals surface area contributed by atoms with Crippen LogP contribution in [-0.2, 0) is 0 Å². The van der Waals surface area contributed by atoms with Crippen molar-refractivity contribution in [1.82, 2.24) is 4.90 Å². The van der Waals surface area contributed by atoms with Gasteiger partial charge >= 0.3 is 0 Å². The number of piperidine rings is 1. The van der Waals surface area contributed by atoms with Crippen LogP contribution in [-0.4, -0.2) is 43.4 Å². The molecule has 0 aromatic heterocycles. The summed E-state index contributed by atoms with van der Waals surface area (Å²) in [7, 11) is 3.37. The predicted molar refractivity (Wildman–Crippen MR) is 127 cm³/mol. The summed E-state index contributed by atoms with van der Waals surface area (Å²) in [5.41, 5.74) is 10.4. The molecule has 4 rings (SSSR count). The molecular weight excluding hydrogens is 412 g/mol. The number of hydrogen-bond acceptors (Lipinski definition) is 5. The first-order valence-electron chi connectivity index (χ1n) is 11.1. The Bertz CT molecular complexity index is 874. The Hall–Kier alpha value is -1.95. The average molecular weight is 447 g/mol. The second kappa shape index (κ2) is 10.1. The van der Waals surface area contributed by atoms with Gasteiger partial charge in [-0.3, -0.25) is 4.90 Å². The van der Waals surface area contributed by atoms with E-state index >= 15 is 0 Å². The molecule has 5 nitrogen and oxygen atoms in total. The van der Waals surface area contributed by atoms with Gasteiger partial charge in [-0.2, -0.15) is 0 Å². The number of phenolic OH excluding ortho intramolecular Hbond substituents is 1. The molecule has 1 saturated heterocycles. The minimum absolute atomic E-state index is 0. The number of aromatic hydroxyl groups is 1. The summed E-state index contributed by atoms with van der Waals surface area (Å²) in [6.45, 7) is 4.23. The molecule has 4 atom stereocenters. The molecule has 6 heteroatoms. The van der Waals surface area contributed by atoms with Gasteiger partial charge in [0, 0.05) is 31.1 Å². The molecule has 170 valence electrons. The van der Waals surface area contributed by atoms with E-state index in [9.17, 15) is 5.11 Å². The molecule has 0 aliphatic carbocycles. The van der Waals surface area contributed by atoms with Crippen molar-refractivity contribution in [2.45, 2.75) is 50.6 Å². The van der Waals surface area contributed by atoms with E-state index in [-0.39, 0.29) is 24.4 Å². The van der Waals surface area contributed by atoms with Crippen LogP contribution in [0, 0.1) is 5.92 Å². The van der Waals surface area contributed by atoms with Gasteiger partial charge < -0.3 is 20.3 Å². The Morgan fingerprint density at radius 3 is 2.29 bits per heavy atom. The maximum Gasteiger partial charge on any atom is 0.161 e. The van der Waals surface area contributed by atoms with E-state index in [0.717, 1.165) is 31.0 Å². The molecule has 2 aromatic carbocycles. The monoisotopic (exact) mass is 446 g/mol. The van der Waals surface area contributed by atoms with Crippen LogP contribution in [0.15, 0.2) is 36.4 Å². The molecule has 1 fully saturated rings. The molecule has 2 heterocycles. The van der Waals surface area contributed by atoms with E-state index in [4.69, 9.17) is 15.2 Å². The van der Waals surface area contributed by atoms with Crippen molar-refractivity contribution in [1.29, 1.82) is 0 Å². The van der Waals surface area contributed by atoms with Crippen LogP contribution in [0.1, 0.15) is 61.3 Å². The van der Waals surface area contributed by atoms with Crippen LogP contribution in [0.25, 0.3) is 0 Å².